The number of aryl methyl sites for hydroxylation is 2. The fraction of sp³-hybridized carbons (Fsp3) is 0.269. The highest BCUT2D eigenvalue weighted by Crippen LogP contribution is 2.26. The molecule has 3 rings (SSSR count). The van der Waals surface area contributed by atoms with E-state index < -0.39 is 32.5 Å². The zero-order valence-electron chi connectivity index (χ0n) is 21.2. The molecular weight excluding hydrogens is 514 g/mol. The van der Waals surface area contributed by atoms with E-state index in [9.17, 15) is 21.6 Å². The smallest absolute Gasteiger partial charge is 0.243 e. The van der Waals surface area contributed by atoms with Crippen LogP contribution >= 0.6 is 0 Å². The van der Waals surface area contributed by atoms with Crippen LogP contribution in [0.1, 0.15) is 23.6 Å². The summed E-state index contributed by atoms with van der Waals surface area (Å²) in [4.78, 5) is 13.1. The predicted molar refractivity (Wildman–Crippen MR) is 142 cm³/mol. The number of carbonyl (C=O) groups is 1. The van der Waals surface area contributed by atoms with Crippen LogP contribution in [-0.4, -0.2) is 47.2 Å². The molecule has 0 unspecified atom stereocenters. The van der Waals surface area contributed by atoms with Crippen LogP contribution in [0.25, 0.3) is 0 Å². The molecule has 11 heteroatoms. The summed E-state index contributed by atoms with van der Waals surface area (Å²) in [5, 5.41) is 2.67. The summed E-state index contributed by atoms with van der Waals surface area (Å²) < 4.78 is 60.5. The summed E-state index contributed by atoms with van der Waals surface area (Å²) in [6.07, 6.45) is 0. The maximum atomic E-state index is 13.7. The van der Waals surface area contributed by atoms with Gasteiger partial charge in [0.2, 0.25) is 26.0 Å². The topological polar surface area (TPSA) is 122 Å². The van der Waals surface area contributed by atoms with Gasteiger partial charge >= 0.3 is 0 Å². The maximum absolute atomic E-state index is 13.7. The van der Waals surface area contributed by atoms with Gasteiger partial charge in [0.25, 0.3) is 0 Å². The summed E-state index contributed by atoms with van der Waals surface area (Å²) in [5.74, 6) is -0.0232. The Balaban J connectivity index is 1.93. The first-order chi connectivity index (χ1) is 17.5. The lowest BCUT2D eigenvalue weighted by Gasteiger charge is -2.23. The van der Waals surface area contributed by atoms with Crippen molar-refractivity contribution in [2.75, 3.05) is 25.5 Å². The maximum Gasteiger partial charge on any atom is 0.243 e. The van der Waals surface area contributed by atoms with Crippen molar-refractivity contribution in [3.8, 4) is 5.75 Å². The summed E-state index contributed by atoms with van der Waals surface area (Å²) >= 11 is 0. The molecule has 0 spiro atoms. The number of nitrogens with zero attached hydrogens (tertiary/aromatic N) is 1. The van der Waals surface area contributed by atoms with Crippen molar-refractivity contribution in [2.24, 2.45) is 0 Å². The van der Waals surface area contributed by atoms with Crippen LogP contribution in [0.5, 0.6) is 5.75 Å². The van der Waals surface area contributed by atoms with E-state index in [1.54, 1.807) is 50.2 Å². The van der Waals surface area contributed by atoms with Gasteiger partial charge < -0.3 is 10.1 Å². The molecule has 3 aromatic rings. The minimum Gasteiger partial charge on any atom is -0.494 e. The molecule has 0 aliphatic rings. The van der Waals surface area contributed by atoms with E-state index >= 15 is 0 Å². The number of ether oxygens (including phenoxy) is 1. The highest BCUT2D eigenvalue weighted by molar-refractivity contribution is 7.89. The number of anilines is 1. The Morgan fingerprint density at radius 3 is 2.19 bits per heavy atom. The molecule has 0 aromatic heterocycles. The van der Waals surface area contributed by atoms with Gasteiger partial charge in [0.05, 0.1) is 22.9 Å². The second kappa shape index (κ2) is 11.9. The molecule has 9 nitrogen and oxygen atoms in total. The molecule has 0 aliphatic heterocycles. The number of nitrogens with one attached hydrogen (secondary N) is 2. The Bertz CT molecular complexity index is 1470. The van der Waals surface area contributed by atoms with Crippen LogP contribution in [0.2, 0.25) is 0 Å². The molecule has 0 heterocycles. The average Bonchev–Trinajstić information content (AvgIpc) is 2.86. The zero-order valence-corrected chi connectivity index (χ0v) is 22.8. The van der Waals surface area contributed by atoms with E-state index in [1.165, 1.54) is 31.3 Å². The van der Waals surface area contributed by atoms with Gasteiger partial charge in [-0.1, -0.05) is 36.4 Å². The Labute approximate surface area is 218 Å². The largest absolute Gasteiger partial charge is 0.494 e. The van der Waals surface area contributed by atoms with Crippen molar-refractivity contribution in [1.29, 1.82) is 0 Å². The fourth-order valence-electron chi connectivity index (χ4n) is 3.63. The van der Waals surface area contributed by atoms with Crippen molar-refractivity contribution in [3.63, 3.8) is 0 Å². The summed E-state index contributed by atoms with van der Waals surface area (Å²) in [6.45, 7) is 5.25. The van der Waals surface area contributed by atoms with Crippen LogP contribution < -0.4 is 14.8 Å². The van der Waals surface area contributed by atoms with Gasteiger partial charge in [-0.15, -0.1) is 0 Å². The second-order valence-corrected chi connectivity index (χ2v) is 12.2. The third-order valence-electron chi connectivity index (χ3n) is 5.67. The van der Waals surface area contributed by atoms with Crippen molar-refractivity contribution in [3.05, 3.63) is 83.4 Å². The first-order valence-electron chi connectivity index (χ1n) is 11.6. The molecule has 0 atom stereocenters. The molecule has 0 fully saturated rings. The van der Waals surface area contributed by atoms with Gasteiger partial charge in [-0.05, 0) is 74.8 Å². The van der Waals surface area contributed by atoms with E-state index in [2.05, 4.69) is 10.0 Å². The molecule has 37 heavy (non-hydrogen) atoms. The van der Waals surface area contributed by atoms with E-state index in [-0.39, 0.29) is 22.0 Å². The second-order valence-electron chi connectivity index (χ2n) is 8.35. The molecule has 0 aliphatic carbocycles. The van der Waals surface area contributed by atoms with Gasteiger partial charge in [0.1, 0.15) is 5.75 Å². The Hall–Kier alpha value is -3.25. The number of benzene rings is 3. The highest BCUT2D eigenvalue weighted by Gasteiger charge is 2.28. The van der Waals surface area contributed by atoms with Gasteiger partial charge in [0.15, 0.2) is 0 Å². The van der Waals surface area contributed by atoms with E-state index in [1.807, 2.05) is 13.0 Å². The molecule has 0 radical (unpaired) electrons. The number of hydrogen-bond donors (Lipinski definition) is 2. The average molecular weight is 546 g/mol. The Morgan fingerprint density at radius 2 is 1.57 bits per heavy atom. The van der Waals surface area contributed by atoms with Crippen LogP contribution in [0.4, 0.5) is 5.69 Å². The third-order valence-corrected chi connectivity index (χ3v) is 8.87. The number of rotatable bonds is 11. The minimum atomic E-state index is -4.08. The standard InChI is InChI=1S/C26H31N3O6S2/c1-5-35-25-14-13-23(15-20(25)3)37(33,34)29(17-21-9-7-6-8-10-21)18-26(30)28-24-16-22(12-11-19(24)2)36(31,32)27-4/h6-16,27H,5,17-18H2,1-4H3,(H,28,30). The van der Waals surface area contributed by atoms with Crippen molar-refractivity contribution >= 4 is 31.6 Å². The normalized spacial score (nSPS) is 11.9. The van der Waals surface area contributed by atoms with Gasteiger partial charge in [-0.25, -0.2) is 21.6 Å². The molecular formula is C26H31N3O6S2. The lowest BCUT2D eigenvalue weighted by molar-refractivity contribution is -0.116. The number of hydrogen-bond acceptors (Lipinski definition) is 6. The monoisotopic (exact) mass is 545 g/mol. The van der Waals surface area contributed by atoms with Gasteiger partial charge in [-0.2, -0.15) is 4.31 Å². The molecule has 0 saturated carbocycles. The van der Waals surface area contributed by atoms with Crippen LogP contribution in [0, 0.1) is 13.8 Å². The van der Waals surface area contributed by atoms with Crippen LogP contribution in [-0.2, 0) is 31.4 Å². The van der Waals surface area contributed by atoms with Crippen LogP contribution in [0.3, 0.4) is 0 Å². The molecule has 3 aromatic carbocycles. The predicted octanol–water partition coefficient (Wildman–Crippen LogP) is 3.44. The molecule has 1 amide bonds. The Kier molecular flexibility index (Phi) is 9.08. The first-order valence-corrected chi connectivity index (χ1v) is 14.5. The first kappa shape index (κ1) is 28.3. The number of sulfonamides is 2. The quantitative estimate of drug-likeness (QED) is 0.381. The van der Waals surface area contributed by atoms with Gasteiger partial charge in [-0.3, -0.25) is 4.79 Å². The van der Waals surface area contributed by atoms with Crippen LogP contribution in [0.15, 0.2) is 76.5 Å². The molecule has 198 valence electrons. The third kappa shape index (κ3) is 6.95. The minimum absolute atomic E-state index is 0.0190. The fourth-order valence-corrected chi connectivity index (χ4v) is 5.86. The zero-order chi connectivity index (χ0) is 27.2. The molecule has 0 bridgehead atoms. The van der Waals surface area contributed by atoms with E-state index in [0.717, 1.165) is 4.31 Å². The lowest BCUT2D eigenvalue weighted by atomic mass is 10.2. The van der Waals surface area contributed by atoms with E-state index in [0.29, 0.717) is 29.0 Å². The van der Waals surface area contributed by atoms with Gasteiger partial charge in [0, 0.05) is 12.2 Å². The summed E-state index contributed by atoms with van der Waals surface area (Å²) in [7, 11) is -6.51. The SMILES string of the molecule is CCOc1ccc(S(=O)(=O)N(CC(=O)Nc2cc(S(=O)(=O)NC)ccc2C)Cc2ccccc2)cc1C. The summed E-state index contributed by atoms with van der Waals surface area (Å²) in [5.41, 5.74) is 2.27. The number of carbonyl (C=O) groups excluding carboxylic acids is 1. The van der Waals surface area contributed by atoms with Crippen molar-refractivity contribution in [2.45, 2.75) is 37.1 Å². The lowest BCUT2D eigenvalue weighted by Crippen LogP contribution is -2.37. The number of amides is 1. The summed E-state index contributed by atoms with van der Waals surface area (Å²) in [6, 6.07) is 17.9. The molecule has 0 saturated heterocycles. The highest BCUT2D eigenvalue weighted by atomic mass is 32.2. The van der Waals surface area contributed by atoms with E-state index in [4.69, 9.17) is 4.74 Å². The molecule has 2 N–H and O–H groups in total. The van der Waals surface area contributed by atoms with Crippen molar-refractivity contribution in [1.82, 2.24) is 9.03 Å². The Morgan fingerprint density at radius 1 is 0.892 bits per heavy atom. The van der Waals surface area contributed by atoms with Crippen molar-refractivity contribution < 1.29 is 26.4 Å².